The van der Waals surface area contributed by atoms with Crippen LogP contribution in [0.15, 0.2) is 243 Å². The number of ether oxygens (including phenoxy) is 1. The standard InChI is InChI=1S/C26H26N6O2.C26H25N5O.C25H24N6O.C23H24N6O/c1-30-10-12-31(13-11-30)23-5-3-4-21-20(23)16-26(27-21)32-24-9-6-17(14-22(24)28-29-32)19-8-7-18(33)15-25(19)34-2;1-30-9-11-31(12-10-30)26-4-2-3-22-21(26)15-24(27-22)25-16-23(28-29-25)19-6-5-18-14-20(32)8-7-17(18)13-19;1-30-9-11-31(12-10-30)23-4-2-3-20-24(23)27-25(26-20)22-15-21(28-29-22)18-6-5-17-14-19(32)8-7-16(17)13-18;1-28(2)10-5-11-29-14-18(16-12-15(30)8-9-21(16)29)17-13-24-27-22(17)23-25-19-6-3-4-7-20(19)26-23/h3-9,14-16,27,33H,10-13H2,1-2H3;2-8,13-16,27,32H,9-12H2,1H3,(H,28,29);2-8,13-15,32H,9-12H2,1H3,(H,26,27)(H,28,29);3-4,6-9,12-14,30H,5,10-11H2,1-2H3,(H,24,27)(H,25,26). The van der Waals surface area contributed by atoms with Gasteiger partial charge in [0, 0.05) is 169 Å². The van der Waals surface area contributed by atoms with Crippen molar-refractivity contribution in [3.05, 3.63) is 243 Å². The third kappa shape index (κ3) is 16.6. The number of hydrogen-bond acceptors (Lipinski definition) is 19. The van der Waals surface area contributed by atoms with Crippen LogP contribution in [0.3, 0.4) is 0 Å². The van der Waals surface area contributed by atoms with Crippen LogP contribution >= 0.6 is 0 Å². The smallest absolute Gasteiger partial charge is 0.157 e. The van der Waals surface area contributed by atoms with Gasteiger partial charge < -0.3 is 84.0 Å². The lowest BCUT2D eigenvalue weighted by Gasteiger charge is -2.34. The van der Waals surface area contributed by atoms with Crippen LogP contribution in [0.1, 0.15) is 6.42 Å². The number of phenolic OH excluding ortho intramolecular Hbond substituents is 4. The molecule has 3 fully saturated rings. The molecule has 644 valence electrons. The number of phenols is 4. The van der Waals surface area contributed by atoms with Gasteiger partial charge in [-0.15, -0.1) is 5.10 Å². The third-order valence-corrected chi connectivity index (χ3v) is 24.8. The van der Waals surface area contributed by atoms with Gasteiger partial charge in [-0.1, -0.05) is 78.0 Å². The molecule has 28 heteroatoms. The summed E-state index contributed by atoms with van der Waals surface area (Å²) in [6.45, 7) is 14.5. The second-order valence-corrected chi connectivity index (χ2v) is 33.7. The van der Waals surface area contributed by atoms with Gasteiger partial charge in [0.15, 0.2) is 11.6 Å². The summed E-state index contributed by atoms with van der Waals surface area (Å²) in [6.07, 6.45) is 5.02. The van der Waals surface area contributed by atoms with Crippen molar-refractivity contribution in [1.82, 2.24) is 99.7 Å². The molecule has 9 aromatic heterocycles. The van der Waals surface area contributed by atoms with Gasteiger partial charge in [-0.3, -0.25) is 15.3 Å². The Labute approximate surface area is 736 Å². The molecule has 3 aliphatic heterocycles. The molecule has 128 heavy (non-hydrogen) atoms. The number of benzene rings is 11. The fourth-order valence-corrected chi connectivity index (χ4v) is 17.8. The van der Waals surface area contributed by atoms with Crippen molar-refractivity contribution < 1.29 is 25.2 Å². The number of imidazole rings is 2. The van der Waals surface area contributed by atoms with Crippen LogP contribution in [0.25, 0.3) is 172 Å². The maximum Gasteiger partial charge on any atom is 0.157 e. The fraction of sp³-hybridized carbons (Fsp3) is 0.210. The minimum absolute atomic E-state index is 0.169. The minimum Gasteiger partial charge on any atom is -0.508 e. The summed E-state index contributed by atoms with van der Waals surface area (Å²) in [6, 6.07) is 75.4. The van der Waals surface area contributed by atoms with Crippen molar-refractivity contribution >= 4 is 104 Å². The van der Waals surface area contributed by atoms with Gasteiger partial charge in [-0.2, -0.15) is 20.0 Å². The Morgan fingerprint density at radius 3 is 1.62 bits per heavy atom. The minimum atomic E-state index is 0.169. The molecule has 0 aliphatic carbocycles. The zero-order valence-corrected chi connectivity index (χ0v) is 72.1. The number of piperazine rings is 3. The van der Waals surface area contributed by atoms with Crippen molar-refractivity contribution in [2.24, 2.45) is 0 Å². The number of fused-ring (bicyclic) bond motifs is 8. The van der Waals surface area contributed by atoms with Gasteiger partial charge in [0.05, 0.1) is 63.8 Å². The summed E-state index contributed by atoms with van der Waals surface area (Å²) < 4.78 is 9.56. The molecule has 28 nitrogen and oxygen atoms in total. The molecular formula is C100H99N23O5. The molecule has 11 N–H and O–H groups in total. The number of aromatic nitrogens is 16. The second-order valence-electron chi connectivity index (χ2n) is 33.7. The fourth-order valence-electron chi connectivity index (χ4n) is 17.8. The molecule has 11 aromatic carbocycles. The van der Waals surface area contributed by atoms with Crippen molar-refractivity contribution in [3.8, 4) is 114 Å². The van der Waals surface area contributed by atoms with Crippen LogP contribution in [0.5, 0.6) is 28.7 Å². The first kappa shape index (κ1) is 81.1. The highest BCUT2D eigenvalue weighted by atomic mass is 16.5. The van der Waals surface area contributed by atoms with Crippen LogP contribution in [0, 0.1) is 0 Å². The van der Waals surface area contributed by atoms with Gasteiger partial charge in [-0.05, 0) is 227 Å². The largest absolute Gasteiger partial charge is 0.508 e. The number of aromatic hydroxyl groups is 4. The summed E-state index contributed by atoms with van der Waals surface area (Å²) >= 11 is 0. The Morgan fingerprint density at radius 1 is 0.414 bits per heavy atom. The lowest BCUT2D eigenvalue weighted by molar-refractivity contribution is 0.313. The first-order chi connectivity index (χ1) is 62.5. The first-order valence-corrected chi connectivity index (χ1v) is 43.3. The van der Waals surface area contributed by atoms with Crippen molar-refractivity contribution in [2.75, 3.05) is 142 Å². The number of para-hydroxylation sites is 3. The van der Waals surface area contributed by atoms with Gasteiger partial charge in [-0.25, -0.2) is 9.97 Å². The van der Waals surface area contributed by atoms with Crippen molar-refractivity contribution in [1.29, 1.82) is 0 Å². The molecule has 0 spiro atoms. The summed E-state index contributed by atoms with van der Waals surface area (Å²) in [5, 5.41) is 78.6. The Morgan fingerprint density at radius 2 is 0.961 bits per heavy atom. The molecule has 12 heterocycles. The topological polar surface area (TPSA) is 323 Å². The number of nitrogens with zero attached hydrogens (tertiary/aromatic N) is 16. The van der Waals surface area contributed by atoms with E-state index in [9.17, 15) is 20.4 Å². The van der Waals surface area contributed by atoms with Crippen LogP contribution in [0.4, 0.5) is 17.1 Å². The first-order valence-electron chi connectivity index (χ1n) is 43.3. The molecular weight excluding hydrogens is 1600 g/mol. The van der Waals surface area contributed by atoms with Gasteiger partial charge >= 0.3 is 0 Å². The number of likely N-dealkylation sites (N-methyl/N-ethyl adjacent to an activating group) is 3. The number of H-pyrrole nitrogens is 7. The monoisotopic (exact) mass is 1700 g/mol. The molecule has 20 aromatic rings. The van der Waals surface area contributed by atoms with E-state index in [4.69, 9.17) is 14.7 Å². The highest BCUT2D eigenvalue weighted by Crippen LogP contribution is 2.42. The normalized spacial score (nSPS) is 14.3. The molecule has 3 saturated heterocycles. The number of hydrogen-bond donors (Lipinski definition) is 11. The molecule has 0 atom stereocenters. The van der Waals surface area contributed by atoms with Crippen LogP contribution in [0.2, 0.25) is 0 Å². The van der Waals surface area contributed by atoms with Gasteiger partial charge in [0.25, 0.3) is 0 Å². The molecule has 3 aliphatic rings. The Bertz CT molecular complexity index is 7170. The molecule has 0 bridgehead atoms. The SMILES string of the molecule is CN(C)CCCn1cc(-c2cn[nH]c2-c2nc3ccccc3[nH]2)c2cc(O)ccc21.CN1CCN(c2cccc3[nH]c(-c4cc(-c5ccc6cc(O)ccc6c5)n[nH]4)cc23)CC1.CN1CCN(c2cccc3[nH]c(-c4cc(-c5ccc6cc(O)ccc6c5)n[nH]4)nc23)CC1.COc1cc(O)ccc1-c1ccc2c(c1)nnn2-c1cc2c(N3CCN(C)CC3)cccc2[nH]1. The number of nitrogens with one attached hydrogen (secondary N) is 7. The van der Waals surface area contributed by atoms with E-state index in [-0.39, 0.29) is 23.0 Å². The number of methoxy groups -OCH3 is 1. The number of anilines is 3. The number of aryl methyl sites for hydroxylation is 1. The van der Waals surface area contributed by atoms with Crippen LogP contribution < -0.4 is 19.4 Å². The number of aromatic amines is 7. The Kier molecular flexibility index (Phi) is 22.0. The Hall–Kier alpha value is -15.2. The maximum atomic E-state index is 10.1. The van der Waals surface area contributed by atoms with Crippen LogP contribution in [-0.2, 0) is 6.54 Å². The third-order valence-electron chi connectivity index (χ3n) is 24.8. The summed E-state index contributed by atoms with van der Waals surface area (Å²) in [5.41, 5.74) is 24.0. The van der Waals surface area contributed by atoms with E-state index >= 15 is 0 Å². The van der Waals surface area contributed by atoms with Gasteiger partial charge in [0.2, 0.25) is 0 Å². The van der Waals surface area contributed by atoms with Crippen LogP contribution in [-0.4, -0.2) is 248 Å². The zero-order chi connectivity index (χ0) is 87.2. The summed E-state index contributed by atoms with van der Waals surface area (Å²) in [7, 11) is 12.3. The lowest BCUT2D eigenvalue weighted by atomic mass is 10.0. The average Bonchev–Trinajstić information content (AvgIpc) is 1.61. The second kappa shape index (κ2) is 34.7. The predicted octanol–water partition coefficient (Wildman–Crippen LogP) is 17.3. The van der Waals surface area contributed by atoms with E-state index in [1.165, 1.54) is 27.8 Å². The van der Waals surface area contributed by atoms with E-state index in [1.54, 1.807) is 49.6 Å². The van der Waals surface area contributed by atoms with Gasteiger partial charge in [0.1, 0.15) is 57.0 Å². The van der Waals surface area contributed by atoms with Crippen molar-refractivity contribution in [3.63, 3.8) is 0 Å². The van der Waals surface area contributed by atoms with E-state index < -0.39 is 0 Å². The summed E-state index contributed by atoms with van der Waals surface area (Å²) in [4.78, 5) is 40.2. The molecule has 0 amide bonds. The molecule has 23 rings (SSSR count). The quantitative estimate of drug-likeness (QED) is 0.0428. The number of rotatable bonds is 16. The van der Waals surface area contributed by atoms with E-state index in [0.29, 0.717) is 5.75 Å². The average molecular weight is 1700 g/mol. The maximum absolute atomic E-state index is 10.1. The molecule has 0 unspecified atom stereocenters. The highest BCUT2D eigenvalue weighted by Gasteiger charge is 2.26. The van der Waals surface area contributed by atoms with Crippen molar-refractivity contribution in [2.45, 2.75) is 13.0 Å². The van der Waals surface area contributed by atoms with E-state index in [1.807, 2.05) is 114 Å². The molecule has 0 radical (unpaired) electrons. The predicted molar refractivity (Wildman–Crippen MR) is 512 cm³/mol. The zero-order valence-electron chi connectivity index (χ0n) is 72.1. The van der Waals surface area contributed by atoms with E-state index in [0.717, 1.165) is 260 Å². The lowest BCUT2D eigenvalue weighted by Crippen LogP contribution is -2.44. The van der Waals surface area contributed by atoms with E-state index in [2.05, 4.69) is 226 Å². The highest BCUT2D eigenvalue weighted by molar-refractivity contribution is 6.02. The summed E-state index contributed by atoms with van der Waals surface area (Å²) in [5.74, 6) is 4.00. The molecule has 0 saturated carbocycles. The Balaban J connectivity index is 0.000000107.